The molecule has 0 saturated heterocycles. The summed E-state index contributed by atoms with van der Waals surface area (Å²) in [5.74, 6) is 0.253. The van der Waals surface area contributed by atoms with Crippen LogP contribution < -0.4 is 10.6 Å². The van der Waals surface area contributed by atoms with E-state index in [1.807, 2.05) is 13.0 Å². The van der Waals surface area contributed by atoms with Crippen molar-refractivity contribution in [2.75, 3.05) is 5.32 Å². The highest BCUT2D eigenvalue weighted by Crippen LogP contribution is 2.23. The summed E-state index contributed by atoms with van der Waals surface area (Å²) in [7, 11) is 0. The van der Waals surface area contributed by atoms with Gasteiger partial charge in [-0.15, -0.1) is 0 Å². The van der Waals surface area contributed by atoms with Crippen LogP contribution in [0.2, 0.25) is 0 Å². The summed E-state index contributed by atoms with van der Waals surface area (Å²) in [5.41, 5.74) is 0.816. The van der Waals surface area contributed by atoms with Gasteiger partial charge >= 0.3 is 6.03 Å². The third kappa shape index (κ3) is 4.05. The topological polar surface area (TPSA) is 71.1 Å². The van der Waals surface area contributed by atoms with Gasteiger partial charge in [-0.1, -0.05) is 25.3 Å². The second kappa shape index (κ2) is 6.31. The normalized spacial score (nSPS) is 15.8. The van der Waals surface area contributed by atoms with Gasteiger partial charge in [0.15, 0.2) is 0 Å². The predicted molar refractivity (Wildman–Crippen MR) is 72.7 cm³/mol. The van der Waals surface area contributed by atoms with Crippen LogP contribution in [0, 0.1) is 12.8 Å². The Labute approximate surface area is 112 Å². The Morgan fingerprint density at radius 2 is 1.95 bits per heavy atom. The zero-order chi connectivity index (χ0) is 13.7. The van der Waals surface area contributed by atoms with Crippen molar-refractivity contribution in [3.05, 3.63) is 23.9 Å². The molecule has 2 N–H and O–H groups in total. The first kappa shape index (κ1) is 13.5. The Kier molecular flexibility index (Phi) is 4.49. The SMILES string of the molecule is Cc1cccc(NC(=O)NC(=O)C2CCCCC2)n1. The smallest absolute Gasteiger partial charge is 0.292 e. The van der Waals surface area contributed by atoms with E-state index in [0.717, 1.165) is 31.4 Å². The molecule has 2 rings (SSSR count). The van der Waals surface area contributed by atoms with Gasteiger partial charge in [0.05, 0.1) is 0 Å². The van der Waals surface area contributed by atoms with Crippen molar-refractivity contribution in [1.82, 2.24) is 10.3 Å². The van der Waals surface area contributed by atoms with Gasteiger partial charge in [-0.2, -0.15) is 0 Å². The van der Waals surface area contributed by atoms with Crippen molar-refractivity contribution in [2.24, 2.45) is 5.92 Å². The number of imide groups is 1. The molecule has 1 aromatic rings. The Balaban J connectivity index is 1.85. The Bertz CT molecular complexity index is 468. The third-order valence-electron chi connectivity index (χ3n) is 3.34. The van der Waals surface area contributed by atoms with Crippen LogP contribution in [0.5, 0.6) is 0 Å². The number of nitrogens with one attached hydrogen (secondary N) is 2. The number of aryl methyl sites for hydroxylation is 1. The monoisotopic (exact) mass is 261 g/mol. The molecule has 1 saturated carbocycles. The molecule has 5 nitrogen and oxygen atoms in total. The average Bonchev–Trinajstić information content (AvgIpc) is 2.39. The van der Waals surface area contributed by atoms with Gasteiger partial charge in [-0.3, -0.25) is 15.4 Å². The van der Waals surface area contributed by atoms with Crippen molar-refractivity contribution in [3.8, 4) is 0 Å². The van der Waals surface area contributed by atoms with Gasteiger partial charge in [0, 0.05) is 11.6 Å². The minimum atomic E-state index is -0.506. The molecule has 0 radical (unpaired) electrons. The number of amides is 3. The Hall–Kier alpha value is -1.91. The molecular weight excluding hydrogens is 242 g/mol. The third-order valence-corrected chi connectivity index (χ3v) is 3.34. The van der Waals surface area contributed by atoms with Crippen LogP contribution in [-0.2, 0) is 4.79 Å². The largest absolute Gasteiger partial charge is 0.327 e. The van der Waals surface area contributed by atoms with Crippen LogP contribution in [-0.4, -0.2) is 16.9 Å². The molecule has 1 aromatic heterocycles. The molecule has 0 atom stereocenters. The van der Waals surface area contributed by atoms with Gasteiger partial charge in [0.25, 0.3) is 0 Å². The maximum Gasteiger partial charge on any atom is 0.327 e. The average molecular weight is 261 g/mol. The van der Waals surface area contributed by atoms with Crippen molar-refractivity contribution in [2.45, 2.75) is 39.0 Å². The second-order valence-electron chi connectivity index (χ2n) is 4.94. The first-order valence-corrected chi connectivity index (χ1v) is 6.70. The molecular formula is C14H19N3O2. The highest BCUT2D eigenvalue weighted by Gasteiger charge is 2.22. The summed E-state index contributed by atoms with van der Waals surface area (Å²) in [6.07, 6.45) is 5.07. The Morgan fingerprint density at radius 3 is 2.63 bits per heavy atom. The minimum absolute atomic E-state index is 0.0232. The van der Waals surface area contributed by atoms with E-state index in [9.17, 15) is 9.59 Å². The first-order valence-electron chi connectivity index (χ1n) is 6.70. The number of hydrogen-bond donors (Lipinski definition) is 2. The van der Waals surface area contributed by atoms with Crippen LogP contribution in [0.15, 0.2) is 18.2 Å². The first-order chi connectivity index (χ1) is 9.15. The zero-order valence-corrected chi connectivity index (χ0v) is 11.1. The van der Waals surface area contributed by atoms with E-state index in [1.165, 1.54) is 6.42 Å². The van der Waals surface area contributed by atoms with Crippen molar-refractivity contribution >= 4 is 17.8 Å². The van der Waals surface area contributed by atoms with Crippen LogP contribution in [0.3, 0.4) is 0 Å². The lowest BCUT2D eigenvalue weighted by Gasteiger charge is -2.20. The van der Waals surface area contributed by atoms with Crippen LogP contribution in [0.4, 0.5) is 10.6 Å². The Morgan fingerprint density at radius 1 is 1.21 bits per heavy atom. The molecule has 3 amide bonds. The number of anilines is 1. The number of hydrogen-bond acceptors (Lipinski definition) is 3. The highest BCUT2D eigenvalue weighted by molar-refractivity contribution is 6.01. The van der Waals surface area contributed by atoms with Crippen molar-refractivity contribution in [1.29, 1.82) is 0 Å². The van der Waals surface area contributed by atoms with Crippen molar-refractivity contribution in [3.63, 3.8) is 0 Å². The second-order valence-corrected chi connectivity index (χ2v) is 4.94. The number of urea groups is 1. The summed E-state index contributed by atoms with van der Waals surface area (Å²) < 4.78 is 0. The molecule has 1 heterocycles. The molecule has 0 aromatic carbocycles. The zero-order valence-electron chi connectivity index (χ0n) is 11.1. The fourth-order valence-corrected chi connectivity index (χ4v) is 2.34. The van der Waals surface area contributed by atoms with E-state index in [1.54, 1.807) is 12.1 Å². The standard InChI is InChI=1S/C14H19N3O2/c1-10-6-5-9-12(15-10)16-14(19)17-13(18)11-7-3-2-4-8-11/h5-6,9,11H,2-4,7-8H2,1H3,(H2,15,16,17,18,19). The maximum atomic E-state index is 11.9. The van der Waals surface area contributed by atoms with Gasteiger partial charge < -0.3 is 0 Å². The van der Waals surface area contributed by atoms with Gasteiger partial charge in [-0.25, -0.2) is 9.78 Å². The molecule has 0 unspecified atom stereocenters. The molecule has 19 heavy (non-hydrogen) atoms. The number of aromatic nitrogens is 1. The summed E-state index contributed by atoms with van der Waals surface area (Å²) >= 11 is 0. The molecule has 1 aliphatic carbocycles. The number of rotatable bonds is 2. The van der Waals surface area contributed by atoms with Crippen LogP contribution >= 0.6 is 0 Å². The maximum absolute atomic E-state index is 11.9. The van der Waals surface area contributed by atoms with Crippen molar-refractivity contribution < 1.29 is 9.59 Å². The number of nitrogens with zero attached hydrogens (tertiary/aromatic N) is 1. The molecule has 0 bridgehead atoms. The molecule has 1 fully saturated rings. The summed E-state index contributed by atoms with van der Waals surface area (Å²) in [6.45, 7) is 1.84. The quantitative estimate of drug-likeness (QED) is 0.859. The van der Waals surface area contributed by atoms with Crippen LogP contribution in [0.25, 0.3) is 0 Å². The van der Waals surface area contributed by atoms with E-state index >= 15 is 0 Å². The number of carbonyl (C=O) groups is 2. The summed E-state index contributed by atoms with van der Waals surface area (Å²) in [6, 6.07) is 4.84. The molecule has 5 heteroatoms. The van der Waals surface area contributed by atoms with Gasteiger partial charge in [-0.05, 0) is 31.9 Å². The molecule has 102 valence electrons. The molecule has 0 aliphatic heterocycles. The fraction of sp³-hybridized carbons (Fsp3) is 0.500. The lowest BCUT2D eigenvalue weighted by Crippen LogP contribution is -2.39. The van der Waals surface area contributed by atoms with E-state index in [0.29, 0.717) is 5.82 Å². The molecule has 1 aliphatic rings. The van der Waals surface area contributed by atoms with Gasteiger partial charge in [0.1, 0.15) is 5.82 Å². The lowest BCUT2D eigenvalue weighted by atomic mass is 9.89. The lowest BCUT2D eigenvalue weighted by molar-refractivity contribution is -0.124. The summed E-state index contributed by atoms with van der Waals surface area (Å²) in [5, 5.41) is 4.96. The van der Waals surface area contributed by atoms with E-state index in [-0.39, 0.29) is 11.8 Å². The van der Waals surface area contributed by atoms with E-state index in [2.05, 4.69) is 15.6 Å². The van der Waals surface area contributed by atoms with E-state index in [4.69, 9.17) is 0 Å². The molecule has 0 spiro atoms. The van der Waals surface area contributed by atoms with E-state index < -0.39 is 6.03 Å². The number of carbonyl (C=O) groups excluding carboxylic acids is 2. The highest BCUT2D eigenvalue weighted by atomic mass is 16.2. The fourth-order valence-electron chi connectivity index (χ4n) is 2.34. The van der Waals surface area contributed by atoms with Crippen LogP contribution in [0.1, 0.15) is 37.8 Å². The number of pyridine rings is 1. The minimum Gasteiger partial charge on any atom is -0.292 e. The predicted octanol–water partition coefficient (Wildman–Crippen LogP) is 2.62. The van der Waals surface area contributed by atoms with Gasteiger partial charge in [0.2, 0.25) is 5.91 Å². The summed E-state index contributed by atoms with van der Waals surface area (Å²) in [4.78, 5) is 27.7.